The predicted octanol–water partition coefficient (Wildman–Crippen LogP) is 3.80. The van der Waals surface area contributed by atoms with E-state index in [2.05, 4.69) is 18.3 Å². The minimum atomic E-state index is 0.347. The van der Waals surface area contributed by atoms with Crippen molar-refractivity contribution in [2.75, 3.05) is 6.54 Å². The van der Waals surface area contributed by atoms with Gasteiger partial charge in [-0.15, -0.1) is 0 Å². The highest BCUT2D eigenvalue weighted by molar-refractivity contribution is 5.25. The predicted molar refractivity (Wildman–Crippen MR) is 80.4 cm³/mol. The van der Waals surface area contributed by atoms with Gasteiger partial charge < -0.3 is 10.4 Å². The van der Waals surface area contributed by atoms with E-state index in [0.29, 0.717) is 11.8 Å². The topological polar surface area (TPSA) is 32.3 Å². The fourth-order valence-electron chi connectivity index (χ4n) is 2.59. The van der Waals surface area contributed by atoms with E-state index in [1.807, 2.05) is 12.1 Å². The standard InChI is InChI=1S/C17H25NO/c1-14(18-13-12-15-4-2-3-5-15)6-7-16-8-10-17(19)11-9-16/h4,8-11,14,18-19H,2-3,5-7,12-13H2,1H3. The summed E-state index contributed by atoms with van der Waals surface area (Å²) >= 11 is 0. The van der Waals surface area contributed by atoms with Crippen LogP contribution in [0.15, 0.2) is 35.9 Å². The van der Waals surface area contributed by atoms with Crippen LogP contribution in [0.25, 0.3) is 0 Å². The number of aryl methyl sites for hydroxylation is 1. The summed E-state index contributed by atoms with van der Waals surface area (Å²) < 4.78 is 0. The maximum Gasteiger partial charge on any atom is 0.115 e. The van der Waals surface area contributed by atoms with Crippen LogP contribution in [0.3, 0.4) is 0 Å². The van der Waals surface area contributed by atoms with Crippen molar-refractivity contribution < 1.29 is 5.11 Å². The van der Waals surface area contributed by atoms with E-state index in [9.17, 15) is 5.11 Å². The second kappa shape index (κ2) is 7.34. The lowest BCUT2D eigenvalue weighted by molar-refractivity contribution is 0.474. The average molecular weight is 259 g/mol. The minimum absolute atomic E-state index is 0.347. The molecule has 1 aromatic rings. The van der Waals surface area contributed by atoms with Gasteiger partial charge in [-0.3, -0.25) is 0 Å². The highest BCUT2D eigenvalue weighted by atomic mass is 16.3. The number of phenols is 1. The summed E-state index contributed by atoms with van der Waals surface area (Å²) in [6, 6.07) is 8.09. The zero-order valence-electron chi connectivity index (χ0n) is 11.9. The Morgan fingerprint density at radius 3 is 2.68 bits per heavy atom. The van der Waals surface area contributed by atoms with Crippen LogP contribution in [0.2, 0.25) is 0 Å². The quantitative estimate of drug-likeness (QED) is 0.730. The number of hydrogen-bond donors (Lipinski definition) is 2. The van der Waals surface area contributed by atoms with E-state index in [4.69, 9.17) is 0 Å². The van der Waals surface area contributed by atoms with Crippen molar-refractivity contribution in [2.45, 2.75) is 51.5 Å². The van der Waals surface area contributed by atoms with Gasteiger partial charge in [0.25, 0.3) is 0 Å². The molecule has 0 spiro atoms. The van der Waals surface area contributed by atoms with Crippen molar-refractivity contribution in [3.8, 4) is 5.75 Å². The minimum Gasteiger partial charge on any atom is -0.508 e. The fourth-order valence-corrected chi connectivity index (χ4v) is 2.59. The lowest BCUT2D eigenvalue weighted by atomic mass is 10.1. The Balaban J connectivity index is 1.61. The second-order valence-electron chi connectivity index (χ2n) is 5.56. The molecule has 19 heavy (non-hydrogen) atoms. The van der Waals surface area contributed by atoms with Gasteiger partial charge in [-0.05, 0) is 69.7 Å². The molecule has 0 bridgehead atoms. The zero-order chi connectivity index (χ0) is 13.5. The van der Waals surface area contributed by atoms with Gasteiger partial charge in [0.1, 0.15) is 5.75 Å². The molecule has 1 aliphatic carbocycles. The molecule has 0 aliphatic heterocycles. The van der Waals surface area contributed by atoms with E-state index in [1.165, 1.54) is 31.2 Å². The zero-order valence-corrected chi connectivity index (χ0v) is 11.9. The van der Waals surface area contributed by atoms with Crippen LogP contribution in [0.4, 0.5) is 0 Å². The number of hydrogen-bond acceptors (Lipinski definition) is 2. The van der Waals surface area contributed by atoms with Crippen LogP contribution in [0.1, 0.15) is 44.6 Å². The maximum absolute atomic E-state index is 9.24. The van der Waals surface area contributed by atoms with E-state index in [0.717, 1.165) is 19.4 Å². The Morgan fingerprint density at radius 1 is 1.21 bits per heavy atom. The monoisotopic (exact) mass is 259 g/mol. The lowest BCUT2D eigenvalue weighted by Gasteiger charge is -2.14. The molecule has 0 aromatic heterocycles. The van der Waals surface area contributed by atoms with Gasteiger partial charge in [0, 0.05) is 6.04 Å². The first-order chi connectivity index (χ1) is 9.24. The normalized spacial score (nSPS) is 16.4. The molecule has 0 fully saturated rings. The maximum atomic E-state index is 9.24. The van der Waals surface area contributed by atoms with Crippen molar-refractivity contribution in [2.24, 2.45) is 0 Å². The average Bonchev–Trinajstić information content (AvgIpc) is 2.91. The Morgan fingerprint density at radius 2 is 2.00 bits per heavy atom. The highest BCUT2D eigenvalue weighted by Gasteiger charge is 2.06. The van der Waals surface area contributed by atoms with Gasteiger partial charge in [0.05, 0.1) is 0 Å². The van der Waals surface area contributed by atoms with Crippen molar-refractivity contribution >= 4 is 0 Å². The molecule has 0 amide bonds. The molecule has 2 N–H and O–H groups in total. The summed E-state index contributed by atoms with van der Waals surface area (Å²) in [4.78, 5) is 0. The van der Waals surface area contributed by atoms with Gasteiger partial charge in [0.2, 0.25) is 0 Å². The smallest absolute Gasteiger partial charge is 0.115 e. The molecule has 0 radical (unpaired) electrons. The molecule has 1 aromatic carbocycles. The van der Waals surface area contributed by atoms with Gasteiger partial charge in [0.15, 0.2) is 0 Å². The molecule has 1 atom stereocenters. The number of phenolic OH excluding ortho intramolecular Hbond substituents is 1. The van der Waals surface area contributed by atoms with Gasteiger partial charge in [-0.25, -0.2) is 0 Å². The third kappa shape index (κ3) is 5.07. The molecule has 0 saturated carbocycles. The van der Waals surface area contributed by atoms with Crippen LogP contribution in [0, 0.1) is 0 Å². The number of rotatable bonds is 7. The van der Waals surface area contributed by atoms with Crippen molar-refractivity contribution in [1.82, 2.24) is 5.32 Å². The van der Waals surface area contributed by atoms with Crippen molar-refractivity contribution in [1.29, 1.82) is 0 Å². The van der Waals surface area contributed by atoms with Gasteiger partial charge in [-0.1, -0.05) is 23.8 Å². The molecule has 2 heteroatoms. The molecule has 2 nitrogen and oxygen atoms in total. The SMILES string of the molecule is CC(CCc1ccc(O)cc1)NCCC1=CCCC1. The summed E-state index contributed by atoms with van der Waals surface area (Å²) in [5.74, 6) is 0.347. The molecule has 0 heterocycles. The van der Waals surface area contributed by atoms with Crippen LogP contribution >= 0.6 is 0 Å². The summed E-state index contributed by atoms with van der Waals surface area (Å²) in [6.45, 7) is 3.35. The molecule has 1 unspecified atom stereocenters. The molecule has 1 aliphatic rings. The third-order valence-corrected chi connectivity index (χ3v) is 3.88. The van der Waals surface area contributed by atoms with E-state index < -0.39 is 0 Å². The molecule has 0 saturated heterocycles. The molecule has 2 rings (SSSR count). The van der Waals surface area contributed by atoms with E-state index in [-0.39, 0.29) is 0 Å². The Hall–Kier alpha value is -1.28. The highest BCUT2D eigenvalue weighted by Crippen LogP contribution is 2.19. The first-order valence-corrected chi connectivity index (χ1v) is 7.43. The van der Waals surface area contributed by atoms with Crippen LogP contribution < -0.4 is 5.32 Å². The Kier molecular flexibility index (Phi) is 5.46. The number of nitrogens with one attached hydrogen (secondary N) is 1. The fraction of sp³-hybridized carbons (Fsp3) is 0.529. The summed E-state index contributed by atoms with van der Waals surface area (Å²) in [7, 11) is 0. The number of benzene rings is 1. The first-order valence-electron chi connectivity index (χ1n) is 7.43. The van der Waals surface area contributed by atoms with Crippen LogP contribution in [0.5, 0.6) is 5.75 Å². The van der Waals surface area contributed by atoms with E-state index >= 15 is 0 Å². The number of allylic oxidation sites excluding steroid dienone is 1. The van der Waals surface area contributed by atoms with Gasteiger partial charge in [-0.2, -0.15) is 0 Å². The second-order valence-corrected chi connectivity index (χ2v) is 5.56. The molecular formula is C17H25NO. The third-order valence-electron chi connectivity index (χ3n) is 3.88. The molecular weight excluding hydrogens is 234 g/mol. The number of aromatic hydroxyl groups is 1. The van der Waals surface area contributed by atoms with Crippen LogP contribution in [-0.2, 0) is 6.42 Å². The first kappa shape index (κ1) is 14.1. The van der Waals surface area contributed by atoms with E-state index in [1.54, 1.807) is 17.7 Å². The summed E-state index contributed by atoms with van der Waals surface area (Å²) in [5.41, 5.74) is 2.93. The van der Waals surface area contributed by atoms with Crippen molar-refractivity contribution in [3.05, 3.63) is 41.5 Å². The van der Waals surface area contributed by atoms with Crippen LogP contribution in [-0.4, -0.2) is 17.7 Å². The summed E-state index contributed by atoms with van der Waals surface area (Å²) in [5, 5.41) is 12.8. The van der Waals surface area contributed by atoms with Gasteiger partial charge >= 0.3 is 0 Å². The Bertz CT molecular complexity index is 408. The Labute approximate surface area is 116 Å². The van der Waals surface area contributed by atoms with Crippen molar-refractivity contribution in [3.63, 3.8) is 0 Å². The largest absolute Gasteiger partial charge is 0.508 e. The molecule has 104 valence electrons. The summed E-state index contributed by atoms with van der Waals surface area (Å²) in [6.07, 6.45) is 9.77. The lowest BCUT2D eigenvalue weighted by Crippen LogP contribution is -2.27.